The van der Waals surface area contributed by atoms with Crippen molar-refractivity contribution in [1.29, 1.82) is 0 Å². The molecule has 1 aliphatic rings. The van der Waals surface area contributed by atoms with E-state index in [0.29, 0.717) is 10.9 Å². The number of nitrogens with one attached hydrogen (secondary N) is 1. The van der Waals surface area contributed by atoms with Crippen molar-refractivity contribution in [2.24, 2.45) is 0 Å². The van der Waals surface area contributed by atoms with Gasteiger partial charge in [-0.1, -0.05) is 23.2 Å². The third-order valence-corrected chi connectivity index (χ3v) is 5.34. The fourth-order valence-electron chi connectivity index (χ4n) is 3.22. The van der Waals surface area contributed by atoms with Crippen molar-refractivity contribution in [3.63, 3.8) is 0 Å². The number of hydrogen-bond acceptors (Lipinski definition) is 4. The van der Waals surface area contributed by atoms with Crippen molar-refractivity contribution in [1.82, 2.24) is 9.88 Å². The minimum absolute atomic E-state index is 0.0895. The number of rotatable bonds is 3. The fraction of sp³-hybridized carbons (Fsp3) is 0.353. The summed E-state index contributed by atoms with van der Waals surface area (Å²) in [6.07, 6.45) is -3.54. The topological polar surface area (TPSA) is 71.5 Å². The second-order valence-corrected chi connectivity index (χ2v) is 6.98. The lowest BCUT2D eigenvalue weighted by Gasteiger charge is -2.22. The zero-order valence-electron chi connectivity index (χ0n) is 14.7. The fourth-order valence-corrected chi connectivity index (χ4v) is 3.67. The first kappa shape index (κ1) is 20.6. The summed E-state index contributed by atoms with van der Waals surface area (Å²) in [5, 5.41) is 1.80. The third kappa shape index (κ3) is 3.49. The molecule has 1 aromatic carbocycles. The minimum Gasteiger partial charge on any atom is -0.375 e. The quantitative estimate of drug-likeness (QED) is 0.787. The number of methoxy groups -OCH3 is 1. The van der Waals surface area contributed by atoms with Crippen LogP contribution in [0, 0.1) is 0 Å². The van der Waals surface area contributed by atoms with Crippen molar-refractivity contribution in [3.8, 4) is 0 Å². The number of amides is 2. The highest BCUT2D eigenvalue weighted by atomic mass is 35.5. The molecule has 0 unspecified atom stereocenters. The van der Waals surface area contributed by atoms with Crippen LogP contribution in [0.5, 0.6) is 0 Å². The predicted molar refractivity (Wildman–Crippen MR) is 97.3 cm³/mol. The highest BCUT2D eigenvalue weighted by Gasteiger charge is 2.39. The Hall–Kier alpha value is -2.10. The molecule has 1 N–H and O–H groups in total. The van der Waals surface area contributed by atoms with Crippen molar-refractivity contribution in [3.05, 3.63) is 33.4 Å². The van der Waals surface area contributed by atoms with Crippen LogP contribution in [-0.4, -0.2) is 41.6 Å². The molecule has 0 bridgehead atoms. The number of alkyl halides is 3. The first-order valence-electron chi connectivity index (χ1n) is 8.02. The van der Waals surface area contributed by atoms with Crippen LogP contribution in [0.4, 0.5) is 18.9 Å². The molecule has 2 aromatic rings. The minimum atomic E-state index is -5.09. The zero-order valence-corrected chi connectivity index (χ0v) is 16.2. The van der Waals surface area contributed by atoms with Gasteiger partial charge < -0.3 is 15.0 Å². The average Bonchev–Trinajstić information content (AvgIpc) is 2.96. The van der Waals surface area contributed by atoms with Crippen LogP contribution in [0.3, 0.4) is 0 Å². The monoisotopic (exact) mass is 435 g/mol. The van der Waals surface area contributed by atoms with Gasteiger partial charge in [-0.2, -0.15) is 13.2 Å². The molecule has 0 saturated heterocycles. The first-order valence-corrected chi connectivity index (χ1v) is 8.78. The molecule has 0 radical (unpaired) electrons. The van der Waals surface area contributed by atoms with E-state index >= 15 is 0 Å². The van der Waals surface area contributed by atoms with Gasteiger partial charge in [0.15, 0.2) is 0 Å². The van der Waals surface area contributed by atoms with Crippen molar-refractivity contribution in [2.45, 2.75) is 25.7 Å². The van der Waals surface area contributed by atoms with E-state index in [9.17, 15) is 22.8 Å². The highest BCUT2D eigenvalue weighted by Crippen LogP contribution is 2.43. The number of nitrogens with zero attached hydrogens (tertiary/aromatic N) is 2. The smallest absolute Gasteiger partial charge is 0.375 e. The number of halogens is 5. The van der Waals surface area contributed by atoms with E-state index in [-0.39, 0.29) is 40.3 Å². The van der Waals surface area contributed by atoms with Crippen LogP contribution in [0.1, 0.15) is 24.1 Å². The van der Waals surface area contributed by atoms with Crippen molar-refractivity contribution >= 4 is 51.6 Å². The van der Waals surface area contributed by atoms with Gasteiger partial charge in [-0.15, -0.1) is 0 Å². The van der Waals surface area contributed by atoms with Crippen LogP contribution >= 0.6 is 23.2 Å². The van der Waals surface area contributed by atoms with E-state index in [1.807, 2.05) is 0 Å². The number of carbonyl (C=O) groups is 2. The Morgan fingerprint density at radius 1 is 1.36 bits per heavy atom. The molecule has 11 heteroatoms. The largest absolute Gasteiger partial charge is 0.471 e. The summed E-state index contributed by atoms with van der Waals surface area (Å²) in [6.45, 7) is 1.94. The second-order valence-electron chi connectivity index (χ2n) is 6.23. The molecule has 0 spiro atoms. The molecule has 2 heterocycles. The molecule has 3 rings (SSSR count). The van der Waals surface area contributed by atoms with Gasteiger partial charge in [0.25, 0.3) is 0 Å². The SMILES string of the molecule is COCC(=O)N1Cc2cnc3c(Cl)c(Cl)c(NC(=O)C(F)(F)F)cc3c2[C@@H]1C. The van der Waals surface area contributed by atoms with Gasteiger partial charge in [-0.3, -0.25) is 14.6 Å². The van der Waals surface area contributed by atoms with Gasteiger partial charge in [0.1, 0.15) is 6.61 Å². The Kier molecular flexibility index (Phi) is 5.44. The Morgan fingerprint density at radius 3 is 2.64 bits per heavy atom. The summed E-state index contributed by atoms with van der Waals surface area (Å²) >= 11 is 12.2. The van der Waals surface area contributed by atoms with E-state index in [4.69, 9.17) is 27.9 Å². The number of benzene rings is 1. The molecule has 1 atom stereocenters. The Labute approximate surface area is 167 Å². The number of pyridine rings is 1. The Balaban J connectivity index is 2.12. The Bertz CT molecular complexity index is 982. The number of ether oxygens (including phenoxy) is 1. The standard InChI is InChI=1S/C17H14Cl2F3N3O3/c1-7-12-8(5-25(7)11(26)6-28-2)4-23-15-9(12)3-10(13(18)14(15)19)24-16(27)17(20,21)22/h3-4,7H,5-6H2,1-2H3,(H,24,27)/t7-/m0/s1. The molecule has 0 aliphatic carbocycles. The maximum absolute atomic E-state index is 12.6. The maximum Gasteiger partial charge on any atom is 0.471 e. The third-order valence-electron chi connectivity index (χ3n) is 4.49. The van der Waals surface area contributed by atoms with E-state index in [0.717, 1.165) is 5.56 Å². The number of fused-ring (bicyclic) bond motifs is 3. The number of hydrogen-bond donors (Lipinski definition) is 1. The van der Waals surface area contributed by atoms with Gasteiger partial charge in [-0.25, -0.2) is 0 Å². The van der Waals surface area contributed by atoms with E-state index in [2.05, 4.69) is 4.98 Å². The molecule has 150 valence electrons. The summed E-state index contributed by atoms with van der Waals surface area (Å²) < 4.78 is 42.7. The van der Waals surface area contributed by atoms with Crippen LogP contribution in [0.25, 0.3) is 10.9 Å². The van der Waals surface area contributed by atoms with Crippen LogP contribution in [0.15, 0.2) is 12.3 Å². The maximum atomic E-state index is 12.6. The van der Waals surface area contributed by atoms with E-state index < -0.39 is 18.1 Å². The molecule has 1 aromatic heterocycles. The summed E-state index contributed by atoms with van der Waals surface area (Å²) in [6, 6.07) is 0.895. The summed E-state index contributed by atoms with van der Waals surface area (Å²) in [5.74, 6) is -2.42. The molecule has 2 amide bonds. The lowest BCUT2D eigenvalue weighted by Crippen LogP contribution is -2.31. The molecule has 1 aliphatic heterocycles. The number of anilines is 1. The zero-order chi connectivity index (χ0) is 20.8. The molecular weight excluding hydrogens is 422 g/mol. The predicted octanol–water partition coefficient (Wildman–Crippen LogP) is 4.09. The van der Waals surface area contributed by atoms with Gasteiger partial charge in [0.05, 0.1) is 27.3 Å². The average molecular weight is 436 g/mol. The van der Waals surface area contributed by atoms with Gasteiger partial charge in [0.2, 0.25) is 5.91 Å². The van der Waals surface area contributed by atoms with Gasteiger partial charge >= 0.3 is 12.1 Å². The molecule has 28 heavy (non-hydrogen) atoms. The summed E-state index contributed by atoms with van der Waals surface area (Å²) in [5.41, 5.74) is 1.38. The lowest BCUT2D eigenvalue weighted by atomic mass is 10.0. The van der Waals surface area contributed by atoms with Crippen LogP contribution in [0.2, 0.25) is 10.0 Å². The van der Waals surface area contributed by atoms with Crippen LogP contribution < -0.4 is 5.32 Å². The van der Waals surface area contributed by atoms with Gasteiger partial charge in [-0.05, 0) is 24.1 Å². The molecular formula is C17H14Cl2F3N3O3. The molecule has 0 fully saturated rings. The van der Waals surface area contributed by atoms with Gasteiger partial charge in [0, 0.05) is 25.2 Å². The number of aromatic nitrogens is 1. The molecule has 6 nitrogen and oxygen atoms in total. The first-order chi connectivity index (χ1) is 13.1. The number of carbonyl (C=O) groups excluding carboxylic acids is 2. The Morgan fingerprint density at radius 2 is 2.04 bits per heavy atom. The van der Waals surface area contributed by atoms with Crippen molar-refractivity contribution in [2.75, 3.05) is 19.0 Å². The highest BCUT2D eigenvalue weighted by molar-refractivity contribution is 6.47. The lowest BCUT2D eigenvalue weighted by molar-refractivity contribution is -0.167. The second kappa shape index (κ2) is 7.38. The van der Waals surface area contributed by atoms with E-state index in [1.165, 1.54) is 13.2 Å². The summed E-state index contributed by atoms with van der Waals surface area (Å²) in [4.78, 5) is 29.4. The molecule has 0 saturated carbocycles. The normalized spacial score (nSPS) is 16.4. The summed E-state index contributed by atoms with van der Waals surface area (Å²) in [7, 11) is 1.40. The van der Waals surface area contributed by atoms with Crippen molar-refractivity contribution < 1.29 is 27.5 Å². The van der Waals surface area contributed by atoms with E-state index in [1.54, 1.807) is 23.3 Å². The van der Waals surface area contributed by atoms with Crippen LogP contribution in [-0.2, 0) is 20.9 Å².